The van der Waals surface area contributed by atoms with E-state index in [9.17, 15) is 9.18 Å². The first-order valence-electron chi connectivity index (χ1n) is 5.82. The van der Waals surface area contributed by atoms with E-state index in [0.717, 1.165) is 31.9 Å². The number of hydrogen-bond donors (Lipinski definition) is 1. The van der Waals surface area contributed by atoms with Gasteiger partial charge in [-0.1, -0.05) is 0 Å². The fraction of sp³-hybridized carbons (Fsp3) is 0.545. The minimum atomic E-state index is -0.818. The van der Waals surface area contributed by atoms with Crippen LogP contribution in [0.1, 0.15) is 6.42 Å². The lowest BCUT2D eigenvalue weighted by atomic mass is 10.4. The number of rotatable bonds is 3. The summed E-state index contributed by atoms with van der Waals surface area (Å²) < 4.78 is 12.7. The third kappa shape index (κ3) is 3.36. The molecule has 0 radical (unpaired) electrons. The zero-order chi connectivity index (χ0) is 13.0. The van der Waals surface area contributed by atoms with Crippen molar-refractivity contribution in [3.05, 3.63) is 18.2 Å². The van der Waals surface area contributed by atoms with Crippen molar-refractivity contribution in [2.24, 2.45) is 0 Å². The summed E-state index contributed by atoms with van der Waals surface area (Å²) >= 11 is 0. The largest absolute Gasteiger partial charge is 0.480 e. The molecule has 98 valence electrons. The van der Waals surface area contributed by atoms with E-state index in [4.69, 9.17) is 5.11 Å². The Bertz CT molecular complexity index is 412. The summed E-state index contributed by atoms with van der Waals surface area (Å²) in [6, 6.07) is 0. The Labute approximate surface area is 104 Å². The maximum Gasteiger partial charge on any atom is 0.317 e. The van der Waals surface area contributed by atoms with Crippen molar-refractivity contribution in [1.29, 1.82) is 0 Å². The molecule has 0 saturated carbocycles. The van der Waals surface area contributed by atoms with Crippen LogP contribution < -0.4 is 4.90 Å². The number of carboxylic acids is 1. The molecular formula is C11H15FN4O2. The van der Waals surface area contributed by atoms with Crippen LogP contribution in [0.25, 0.3) is 0 Å². The van der Waals surface area contributed by atoms with E-state index in [1.54, 1.807) is 0 Å². The molecule has 2 heterocycles. The van der Waals surface area contributed by atoms with Gasteiger partial charge in [-0.3, -0.25) is 9.69 Å². The number of halogens is 1. The normalized spacial score (nSPS) is 17.5. The zero-order valence-electron chi connectivity index (χ0n) is 9.92. The van der Waals surface area contributed by atoms with E-state index >= 15 is 0 Å². The molecule has 0 amide bonds. The Kier molecular flexibility index (Phi) is 4.03. The molecule has 0 bridgehead atoms. The predicted molar refractivity (Wildman–Crippen MR) is 62.9 cm³/mol. The topological polar surface area (TPSA) is 69.6 Å². The number of anilines is 1. The molecule has 0 aliphatic carbocycles. The Morgan fingerprint density at radius 1 is 1.28 bits per heavy atom. The first-order chi connectivity index (χ1) is 8.65. The standard InChI is InChI=1S/C11H15FN4O2/c12-9-6-13-11(14-7-9)16-3-1-2-15(4-5-16)8-10(17)18/h6-7H,1-5,8H2,(H,17,18). The fourth-order valence-electron chi connectivity index (χ4n) is 1.99. The van der Waals surface area contributed by atoms with E-state index < -0.39 is 11.8 Å². The summed E-state index contributed by atoms with van der Waals surface area (Å²) in [5, 5.41) is 8.75. The van der Waals surface area contributed by atoms with Crippen LogP contribution in [-0.2, 0) is 4.79 Å². The van der Waals surface area contributed by atoms with Gasteiger partial charge in [0.1, 0.15) is 0 Å². The Morgan fingerprint density at radius 2 is 2.00 bits per heavy atom. The number of nitrogens with zero attached hydrogens (tertiary/aromatic N) is 4. The lowest BCUT2D eigenvalue weighted by Crippen LogP contribution is -2.34. The average molecular weight is 254 g/mol. The van der Waals surface area contributed by atoms with Crippen molar-refractivity contribution in [3.63, 3.8) is 0 Å². The van der Waals surface area contributed by atoms with Crippen LogP contribution in [0.4, 0.5) is 10.3 Å². The fourth-order valence-corrected chi connectivity index (χ4v) is 1.99. The van der Waals surface area contributed by atoms with Gasteiger partial charge < -0.3 is 10.0 Å². The van der Waals surface area contributed by atoms with Crippen LogP contribution in [0.15, 0.2) is 12.4 Å². The van der Waals surface area contributed by atoms with Crippen LogP contribution in [0.3, 0.4) is 0 Å². The summed E-state index contributed by atoms with van der Waals surface area (Å²) in [5.41, 5.74) is 0. The van der Waals surface area contributed by atoms with E-state index in [1.165, 1.54) is 0 Å². The second-order valence-corrected chi connectivity index (χ2v) is 4.21. The maximum atomic E-state index is 12.7. The molecule has 1 N–H and O–H groups in total. The van der Waals surface area contributed by atoms with Crippen LogP contribution in [0.2, 0.25) is 0 Å². The Balaban J connectivity index is 1.96. The number of carbonyl (C=O) groups is 1. The van der Waals surface area contributed by atoms with Crippen LogP contribution in [0.5, 0.6) is 0 Å². The number of hydrogen-bond acceptors (Lipinski definition) is 5. The molecule has 1 aromatic heterocycles. The zero-order valence-corrected chi connectivity index (χ0v) is 9.92. The number of aromatic nitrogens is 2. The molecule has 0 spiro atoms. The van der Waals surface area contributed by atoms with Crippen molar-refractivity contribution < 1.29 is 14.3 Å². The van der Waals surface area contributed by atoms with Gasteiger partial charge in [0.2, 0.25) is 5.95 Å². The molecule has 0 aromatic carbocycles. The monoisotopic (exact) mass is 254 g/mol. The van der Waals surface area contributed by atoms with Gasteiger partial charge in [-0.25, -0.2) is 14.4 Å². The minimum absolute atomic E-state index is 0.0537. The number of carboxylic acid groups (broad SMARTS) is 1. The molecule has 1 aliphatic heterocycles. The van der Waals surface area contributed by atoms with Gasteiger partial charge in [0.05, 0.1) is 18.9 Å². The van der Waals surface area contributed by atoms with E-state index in [0.29, 0.717) is 19.0 Å². The molecule has 0 unspecified atom stereocenters. The third-order valence-corrected chi connectivity index (χ3v) is 2.84. The lowest BCUT2D eigenvalue weighted by Gasteiger charge is -2.20. The SMILES string of the molecule is O=C(O)CN1CCCN(c2ncc(F)cn2)CC1. The molecule has 1 saturated heterocycles. The van der Waals surface area contributed by atoms with Crippen molar-refractivity contribution in [3.8, 4) is 0 Å². The molecule has 1 fully saturated rings. The highest BCUT2D eigenvalue weighted by Gasteiger charge is 2.18. The summed E-state index contributed by atoms with van der Waals surface area (Å²) in [6.45, 7) is 2.84. The molecule has 1 aromatic rings. The van der Waals surface area contributed by atoms with Crippen molar-refractivity contribution >= 4 is 11.9 Å². The van der Waals surface area contributed by atoms with Gasteiger partial charge in [0.25, 0.3) is 0 Å². The first-order valence-corrected chi connectivity index (χ1v) is 5.82. The van der Waals surface area contributed by atoms with Crippen molar-refractivity contribution in [2.45, 2.75) is 6.42 Å². The molecule has 2 rings (SSSR count). The quantitative estimate of drug-likeness (QED) is 0.831. The van der Waals surface area contributed by atoms with Gasteiger partial charge >= 0.3 is 5.97 Å². The minimum Gasteiger partial charge on any atom is -0.480 e. The number of aliphatic carboxylic acids is 1. The van der Waals surface area contributed by atoms with Crippen molar-refractivity contribution in [2.75, 3.05) is 37.6 Å². The Hall–Kier alpha value is -1.76. The molecule has 7 heteroatoms. The Morgan fingerprint density at radius 3 is 2.67 bits per heavy atom. The van der Waals surface area contributed by atoms with Crippen LogP contribution >= 0.6 is 0 Å². The van der Waals surface area contributed by atoms with Gasteiger partial charge in [0, 0.05) is 26.2 Å². The lowest BCUT2D eigenvalue weighted by molar-refractivity contribution is -0.138. The second kappa shape index (κ2) is 5.72. The highest BCUT2D eigenvalue weighted by Crippen LogP contribution is 2.10. The van der Waals surface area contributed by atoms with Crippen LogP contribution in [0, 0.1) is 5.82 Å². The average Bonchev–Trinajstić information content (AvgIpc) is 2.55. The maximum absolute atomic E-state index is 12.7. The summed E-state index contributed by atoms with van der Waals surface area (Å²) in [4.78, 5) is 22.3. The highest BCUT2D eigenvalue weighted by molar-refractivity contribution is 5.69. The smallest absolute Gasteiger partial charge is 0.317 e. The summed E-state index contributed by atoms with van der Waals surface area (Å²) in [5.74, 6) is -0.781. The van der Waals surface area contributed by atoms with Gasteiger partial charge in [-0.15, -0.1) is 0 Å². The van der Waals surface area contributed by atoms with Gasteiger partial charge in [0.15, 0.2) is 5.82 Å². The molecular weight excluding hydrogens is 239 g/mol. The molecule has 18 heavy (non-hydrogen) atoms. The summed E-state index contributed by atoms with van der Waals surface area (Å²) in [6.07, 6.45) is 3.12. The van der Waals surface area contributed by atoms with Crippen molar-refractivity contribution in [1.82, 2.24) is 14.9 Å². The first kappa shape index (κ1) is 12.7. The highest BCUT2D eigenvalue weighted by atomic mass is 19.1. The van der Waals surface area contributed by atoms with E-state index in [2.05, 4.69) is 9.97 Å². The van der Waals surface area contributed by atoms with E-state index in [1.807, 2.05) is 9.80 Å². The van der Waals surface area contributed by atoms with Crippen LogP contribution in [-0.4, -0.2) is 58.7 Å². The summed E-state index contributed by atoms with van der Waals surface area (Å²) in [7, 11) is 0. The molecule has 6 nitrogen and oxygen atoms in total. The third-order valence-electron chi connectivity index (χ3n) is 2.84. The second-order valence-electron chi connectivity index (χ2n) is 4.21. The van der Waals surface area contributed by atoms with Gasteiger partial charge in [-0.2, -0.15) is 0 Å². The predicted octanol–water partition coefficient (Wildman–Crippen LogP) is 0.212. The molecule has 0 atom stereocenters. The van der Waals surface area contributed by atoms with Gasteiger partial charge in [-0.05, 0) is 6.42 Å². The van der Waals surface area contributed by atoms with E-state index in [-0.39, 0.29) is 6.54 Å². The molecule has 1 aliphatic rings.